The maximum atomic E-state index is 11.9. The van der Waals surface area contributed by atoms with Crippen molar-refractivity contribution in [2.45, 2.75) is 32.0 Å². The molecule has 1 amide bonds. The Kier molecular flexibility index (Phi) is 4.19. The summed E-state index contributed by atoms with van der Waals surface area (Å²) in [7, 11) is 0. The Morgan fingerprint density at radius 3 is 3.04 bits per heavy atom. The molecule has 0 saturated carbocycles. The van der Waals surface area contributed by atoms with E-state index < -0.39 is 0 Å². The predicted molar refractivity (Wildman–Crippen MR) is 91.7 cm³/mol. The average Bonchev–Trinajstić information content (AvgIpc) is 3.35. The van der Waals surface area contributed by atoms with Gasteiger partial charge in [0, 0.05) is 38.4 Å². The number of nitrogens with zero attached hydrogens (tertiary/aromatic N) is 6. The molecule has 25 heavy (non-hydrogen) atoms. The van der Waals surface area contributed by atoms with Gasteiger partial charge >= 0.3 is 0 Å². The highest BCUT2D eigenvalue weighted by Gasteiger charge is 2.35. The zero-order chi connectivity index (χ0) is 17.2. The van der Waals surface area contributed by atoms with Crippen LogP contribution in [0.1, 0.15) is 25.1 Å². The summed E-state index contributed by atoms with van der Waals surface area (Å²) in [5.41, 5.74) is 2.08. The van der Waals surface area contributed by atoms with Crippen molar-refractivity contribution in [1.29, 1.82) is 0 Å². The van der Waals surface area contributed by atoms with Gasteiger partial charge in [0.2, 0.25) is 5.91 Å². The van der Waals surface area contributed by atoms with Gasteiger partial charge in [-0.25, -0.2) is 9.67 Å². The average molecular weight is 339 g/mol. The van der Waals surface area contributed by atoms with Crippen LogP contribution in [-0.4, -0.2) is 54.3 Å². The van der Waals surface area contributed by atoms with Crippen molar-refractivity contribution >= 4 is 11.6 Å². The van der Waals surface area contributed by atoms with E-state index in [0.717, 1.165) is 31.0 Å². The molecule has 0 spiro atoms. The minimum atomic E-state index is 0.0216. The minimum absolute atomic E-state index is 0.0216. The molecule has 3 aromatic heterocycles. The van der Waals surface area contributed by atoms with Crippen molar-refractivity contribution in [3.63, 3.8) is 0 Å². The van der Waals surface area contributed by atoms with E-state index in [2.05, 4.69) is 29.9 Å². The van der Waals surface area contributed by atoms with Crippen molar-refractivity contribution in [2.24, 2.45) is 0 Å². The summed E-state index contributed by atoms with van der Waals surface area (Å²) in [5, 5.41) is 11.2. The molecular formula is C17H21N7O. The van der Waals surface area contributed by atoms with E-state index in [9.17, 15) is 4.79 Å². The number of amides is 1. The molecule has 4 heterocycles. The second-order valence-electron chi connectivity index (χ2n) is 6.35. The van der Waals surface area contributed by atoms with E-state index in [4.69, 9.17) is 0 Å². The van der Waals surface area contributed by atoms with E-state index in [-0.39, 0.29) is 18.0 Å². The van der Waals surface area contributed by atoms with Crippen molar-refractivity contribution in [3.8, 4) is 0 Å². The molecule has 4 rings (SSSR count). The highest BCUT2D eigenvalue weighted by Crippen LogP contribution is 2.23. The van der Waals surface area contributed by atoms with Crippen LogP contribution in [0.3, 0.4) is 0 Å². The summed E-state index contributed by atoms with van der Waals surface area (Å²) in [6.07, 6.45) is 7.95. The molecule has 2 atom stereocenters. The lowest BCUT2D eigenvalue weighted by atomic mass is 10.1. The molecule has 0 aromatic carbocycles. The third-order valence-electron chi connectivity index (χ3n) is 4.69. The third kappa shape index (κ3) is 3.12. The van der Waals surface area contributed by atoms with Crippen LogP contribution in [0.4, 0.5) is 0 Å². The van der Waals surface area contributed by atoms with Crippen LogP contribution in [0.15, 0.2) is 43.0 Å². The van der Waals surface area contributed by atoms with Gasteiger partial charge in [-0.3, -0.25) is 9.69 Å². The first kappa shape index (κ1) is 15.8. The Hall–Kier alpha value is -2.74. The van der Waals surface area contributed by atoms with Crippen LogP contribution >= 0.6 is 0 Å². The van der Waals surface area contributed by atoms with Crippen LogP contribution in [0.5, 0.6) is 0 Å². The zero-order valence-corrected chi connectivity index (χ0v) is 14.1. The van der Waals surface area contributed by atoms with Gasteiger partial charge in [0.05, 0.1) is 30.2 Å². The summed E-state index contributed by atoms with van der Waals surface area (Å²) >= 11 is 0. The van der Waals surface area contributed by atoms with Crippen molar-refractivity contribution in [1.82, 2.24) is 34.6 Å². The Morgan fingerprint density at radius 1 is 1.32 bits per heavy atom. The number of rotatable bonds is 5. The fraction of sp³-hybridized carbons (Fsp3) is 0.412. The van der Waals surface area contributed by atoms with Gasteiger partial charge in [0.15, 0.2) is 0 Å². The SMILES string of the molecule is CCC(=O)N[C@@H]1CN(Cc2cnc3ccccn23)C[C@@H]1n1ccnn1. The Morgan fingerprint density at radius 2 is 2.24 bits per heavy atom. The van der Waals surface area contributed by atoms with E-state index in [1.807, 2.05) is 48.4 Å². The lowest BCUT2D eigenvalue weighted by molar-refractivity contribution is -0.121. The third-order valence-corrected chi connectivity index (χ3v) is 4.69. The number of carbonyl (C=O) groups excluding carboxylic acids is 1. The summed E-state index contributed by atoms with van der Waals surface area (Å²) in [4.78, 5) is 18.7. The number of hydrogen-bond donors (Lipinski definition) is 1. The molecule has 1 aliphatic rings. The largest absolute Gasteiger partial charge is 0.350 e. The first-order valence-electron chi connectivity index (χ1n) is 8.53. The number of fused-ring (bicyclic) bond motifs is 1. The van der Waals surface area contributed by atoms with E-state index in [1.54, 1.807) is 6.20 Å². The van der Waals surface area contributed by atoms with Gasteiger partial charge in [0.1, 0.15) is 5.65 Å². The number of imidazole rings is 1. The molecule has 0 radical (unpaired) electrons. The molecule has 8 nitrogen and oxygen atoms in total. The molecule has 3 aromatic rings. The molecule has 0 aliphatic carbocycles. The van der Waals surface area contributed by atoms with E-state index in [1.165, 1.54) is 0 Å². The van der Waals surface area contributed by atoms with Crippen LogP contribution in [0.2, 0.25) is 0 Å². The lowest BCUT2D eigenvalue weighted by Crippen LogP contribution is -2.41. The maximum absolute atomic E-state index is 11.9. The van der Waals surface area contributed by atoms with Gasteiger partial charge in [0.25, 0.3) is 0 Å². The second kappa shape index (κ2) is 6.64. The Bertz CT molecular complexity index is 857. The quantitative estimate of drug-likeness (QED) is 0.746. The molecule has 1 fully saturated rings. The molecule has 0 unspecified atom stereocenters. The van der Waals surface area contributed by atoms with Crippen LogP contribution in [-0.2, 0) is 11.3 Å². The van der Waals surface area contributed by atoms with Crippen LogP contribution in [0, 0.1) is 0 Å². The molecule has 130 valence electrons. The van der Waals surface area contributed by atoms with Crippen LogP contribution < -0.4 is 5.32 Å². The monoisotopic (exact) mass is 339 g/mol. The maximum Gasteiger partial charge on any atom is 0.220 e. The Labute approximate surface area is 145 Å². The van der Waals surface area contributed by atoms with Gasteiger partial charge in [-0.2, -0.15) is 0 Å². The predicted octanol–water partition coefficient (Wildman–Crippen LogP) is 0.877. The van der Waals surface area contributed by atoms with Crippen molar-refractivity contribution in [2.75, 3.05) is 13.1 Å². The summed E-state index contributed by atoms with van der Waals surface area (Å²) in [6, 6.07) is 6.09. The number of likely N-dealkylation sites (tertiary alicyclic amines) is 1. The van der Waals surface area contributed by atoms with Crippen molar-refractivity contribution < 1.29 is 4.79 Å². The van der Waals surface area contributed by atoms with Gasteiger partial charge in [-0.1, -0.05) is 18.2 Å². The molecule has 0 bridgehead atoms. The van der Waals surface area contributed by atoms with Gasteiger partial charge in [-0.15, -0.1) is 5.10 Å². The first-order valence-corrected chi connectivity index (χ1v) is 8.53. The summed E-state index contributed by atoms with van der Waals surface area (Å²) in [6.45, 7) is 4.22. The second-order valence-corrected chi connectivity index (χ2v) is 6.35. The summed E-state index contributed by atoms with van der Waals surface area (Å²) < 4.78 is 3.94. The highest BCUT2D eigenvalue weighted by atomic mass is 16.1. The smallest absolute Gasteiger partial charge is 0.220 e. The van der Waals surface area contributed by atoms with Crippen LogP contribution in [0.25, 0.3) is 5.65 Å². The fourth-order valence-electron chi connectivity index (χ4n) is 3.44. The van der Waals surface area contributed by atoms with Gasteiger partial charge in [-0.05, 0) is 12.1 Å². The molecule has 1 N–H and O–H groups in total. The summed E-state index contributed by atoms with van der Waals surface area (Å²) in [5.74, 6) is 0.0618. The molecule has 8 heteroatoms. The minimum Gasteiger partial charge on any atom is -0.350 e. The number of nitrogens with one attached hydrogen (secondary N) is 1. The number of pyridine rings is 1. The van der Waals surface area contributed by atoms with Crippen molar-refractivity contribution in [3.05, 3.63) is 48.7 Å². The standard InChI is InChI=1S/C17H21N7O/c1-2-17(25)20-14-11-22(12-15(14)24-8-6-19-21-24)10-13-9-18-16-5-3-4-7-23(13)16/h3-9,14-15H,2,10-12H2,1H3,(H,20,25)/t14-,15+/m1/s1. The molecular weight excluding hydrogens is 318 g/mol. The fourth-order valence-corrected chi connectivity index (χ4v) is 3.44. The normalized spacial score (nSPS) is 21.0. The Balaban J connectivity index is 1.54. The van der Waals surface area contributed by atoms with E-state index in [0.29, 0.717) is 6.42 Å². The molecule has 1 saturated heterocycles. The highest BCUT2D eigenvalue weighted by molar-refractivity contribution is 5.76. The van der Waals surface area contributed by atoms with Gasteiger partial charge < -0.3 is 9.72 Å². The first-order chi connectivity index (χ1) is 12.2. The van der Waals surface area contributed by atoms with E-state index >= 15 is 0 Å². The number of aromatic nitrogens is 5. The topological polar surface area (TPSA) is 80.4 Å². The number of hydrogen-bond acceptors (Lipinski definition) is 5. The number of carbonyl (C=O) groups is 1. The molecule has 1 aliphatic heterocycles. The lowest BCUT2D eigenvalue weighted by Gasteiger charge is -2.19. The zero-order valence-electron chi connectivity index (χ0n) is 14.1.